The van der Waals surface area contributed by atoms with Crippen LogP contribution in [0.2, 0.25) is 0 Å². The number of hydrogen-bond acceptors (Lipinski definition) is 2. The highest BCUT2D eigenvalue weighted by molar-refractivity contribution is 9.10. The maximum atomic E-state index is 13.0. The molecular weight excluding hydrogens is 418 g/mol. The number of halogens is 1. The molecule has 2 aromatic rings. The number of rotatable bonds is 5. The summed E-state index contributed by atoms with van der Waals surface area (Å²) in [6.07, 6.45) is 2.22. The second-order valence-corrected chi connectivity index (χ2v) is 8.74. The lowest BCUT2D eigenvalue weighted by Crippen LogP contribution is -2.40. The first-order chi connectivity index (χ1) is 13.4. The summed E-state index contributed by atoms with van der Waals surface area (Å²) in [7, 11) is 0. The number of nitrogens with one attached hydrogen (secondary N) is 1. The fourth-order valence-corrected chi connectivity index (χ4v) is 4.37. The molecule has 0 spiro atoms. The summed E-state index contributed by atoms with van der Waals surface area (Å²) in [5.74, 6) is -2.09. The van der Waals surface area contributed by atoms with E-state index in [1.807, 2.05) is 48.5 Å². The molecule has 1 amide bonds. The van der Waals surface area contributed by atoms with E-state index in [2.05, 4.69) is 35.1 Å². The van der Waals surface area contributed by atoms with E-state index in [0.717, 1.165) is 22.9 Å². The van der Waals surface area contributed by atoms with Gasteiger partial charge in [0.1, 0.15) is 0 Å². The number of carbonyl (C=O) groups excluding carboxylic acids is 1. The van der Waals surface area contributed by atoms with Gasteiger partial charge in [-0.3, -0.25) is 9.59 Å². The zero-order valence-corrected chi connectivity index (χ0v) is 17.8. The molecule has 2 aromatic carbocycles. The van der Waals surface area contributed by atoms with Crippen LogP contribution >= 0.6 is 15.9 Å². The van der Waals surface area contributed by atoms with Crippen LogP contribution in [0.4, 0.5) is 5.69 Å². The van der Waals surface area contributed by atoms with Crippen LogP contribution in [0.25, 0.3) is 0 Å². The highest BCUT2D eigenvalue weighted by atomic mass is 79.9. The summed E-state index contributed by atoms with van der Waals surface area (Å²) in [5.41, 5.74) is 2.90. The Balaban J connectivity index is 1.79. The highest BCUT2D eigenvalue weighted by Gasteiger charge is 2.42. The smallest absolute Gasteiger partial charge is 0.307 e. The van der Waals surface area contributed by atoms with Gasteiger partial charge in [0.25, 0.3) is 0 Å². The van der Waals surface area contributed by atoms with E-state index in [4.69, 9.17) is 0 Å². The van der Waals surface area contributed by atoms with Crippen LogP contribution < -0.4 is 5.32 Å². The molecule has 0 aliphatic heterocycles. The molecule has 5 heteroatoms. The first-order valence-electron chi connectivity index (χ1n) is 9.76. The predicted octanol–water partition coefficient (Wildman–Crippen LogP) is 5.80. The molecular formula is C23H26BrNO3. The Bertz CT molecular complexity index is 830. The third kappa shape index (κ3) is 4.64. The van der Waals surface area contributed by atoms with Crippen LogP contribution in [-0.2, 0) is 9.59 Å². The Morgan fingerprint density at radius 1 is 1.04 bits per heavy atom. The first kappa shape index (κ1) is 20.6. The topological polar surface area (TPSA) is 66.4 Å². The van der Waals surface area contributed by atoms with Gasteiger partial charge in [-0.2, -0.15) is 0 Å². The van der Waals surface area contributed by atoms with Crippen molar-refractivity contribution < 1.29 is 14.7 Å². The third-order valence-electron chi connectivity index (χ3n) is 5.66. The molecule has 3 rings (SSSR count). The first-order valence-corrected chi connectivity index (χ1v) is 10.5. The lowest BCUT2D eigenvalue weighted by atomic mass is 9.69. The molecule has 0 radical (unpaired) electrons. The quantitative estimate of drug-likeness (QED) is 0.613. The Morgan fingerprint density at radius 2 is 1.68 bits per heavy atom. The van der Waals surface area contributed by atoms with Gasteiger partial charge in [-0.15, -0.1) is 0 Å². The van der Waals surface area contributed by atoms with E-state index >= 15 is 0 Å². The molecule has 4 nitrogen and oxygen atoms in total. The van der Waals surface area contributed by atoms with Crippen molar-refractivity contribution in [3.8, 4) is 0 Å². The number of hydrogen-bond donors (Lipinski definition) is 2. The van der Waals surface area contributed by atoms with Crippen LogP contribution in [0.5, 0.6) is 0 Å². The highest BCUT2D eigenvalue weighted by Crippen LogP contribution is 2.42. The standard InChI is InChI=1S/C23H26BrNO3/c1-14(2)15-8-12-18(13-9-15)25-22(26)20-5-3-4-19(21(20)23(27)28)16-6-10-17(24)11-7-16/h6-14,19-21H,3-5H2,1-2H3,(H,25,26)(H,27,28)/t19-,20+,21-/m0/s1. The monoisotopic (exact) mass is 443 g/mol. The van der Waals surface area contributed by atoms with Gasteiger partial charge in [0, 0.05) is 10.2 Å². The SMILES string of the molecule is CC(C)c1ccc(NC(=O)[C@@H]2CCC[C@@H](c3ccc(Br)cc3)[C@@H]2C(=O)O)cc1. The maximum Gasteiger partial charge on any atom is 0.307 e. The predicted molar refractivity (Wildman–Crippen MR) is 115 cm³/mol. The molecule has 3 atom stereocenters. The number of carboxylic acids is 1. The van der Waals surface area contributed by atoms with Gasteiger partial charge in [-0.25, -0.2) is 0 Å². The van der Waals surface area contributed by atoms with Gasteiger partial charge in [0.15, 0.2) is 0 Å². The molecule has 0 saturated heterocycles. The molecule has 1 aliphatic rings. The van der Waals surface area contributed by atoms with Crippen molar-refractivity contribution in [1.82, 2.24) is 0 Å². The molecule has 1 saturated carbocycles. The number of benzene rings is 2. The van der Waals surface area contributed by atoms with Gasteiger partial charge < -0.3 is 10.4 Å². The molecule has 1 fully saturated rings. The summed E-state index contributed by atoms with van der Waals surface area (Å²) < 4.78 is 0.957. The van der Waals surface area contributed by atoms with E-state index in [0.29, 0.717) is 18.0 Å². The van der Waals surface area contributed by atoms with Crippen molar-refractivity contribution in [2.24, 2.45) is 11.8 Å². The minimum atomic E-state index is -0.900. The number of carboxylic acid groups (broad SMARTS) is 1. The fourth-order valence-electron chi connectivity index (χ4n) is 4.11. The van der Waals surface area contributed by atoms with E-state index in [1.54, 1.807) is 0 Å². The fraction of sp³-hybridized carbons (Fsp3) is 0.391. The Kier molecular flexibility index (Phi) is 6.55. The van der Waals surface area contributed by atoms with Crippen LogP contribution in [0.15, 0.2) is 53.0 Å². The number of amides is 1. The van der Waals surface area contributed by atoms with E-state index < -0.39 is 17.8 Å². The van der Waals surface area contributed by atoms with Crippen LogP contribution in [-0.4, -0.2) is 17.0 Å². The number of anilines is 1. The van der Waals surface area contributed by atoms with E-state index in [9.17, 15) is 14.7 Å². The van der Waals surface area contributed by atoms with Gasteiger partial charge in [0.2, 0.25) is 5.91 Å². The van der Waals surface area contributed by atoms with Crippen molar-refractivity contribution in [3.05, 3.63) is 64.1 Å². The molecule has 2 N–H and O–H groups in total. The second kappa shape index (κ2) is 8.91. The zero-order chi connectivity index (χ0) is 20.3. The van der Waals surface area contributed by atoms with Crippen molar-refractivity contribution in [2.45, 2.75) is 44.9 Å². The Morgan fingerprint density at radius 3 is 2.25 bits per heavy atom. The maximum absolute atomic E-state index is 13.0. The molecule has 28 heavy (non-hydrogen) atoms. The average molecular weight is 444 g/mol. The van der Waals surface area contributed by atoms with Crippen molar-refractivity contribution in [1.29, 1.82) is 0 Å². The van der Waals surface area contributed by atoms with Crippen LogP contribution in [0.1, 0.15) is 56.1 Å². The lowest BCUT2D eigenvalue weighted by molar-refractivity contribution is -0.148. The molecule has 0 bridgehead atoms. The Hall–Kier alpha value is -2.14. The third-order valence-corrected chi connectivity index (χ3v) is 6.19. The number of carbonyl (C=O) groups is 2. The second-order valence-electron chi connectivity index (χ2n) is 7.83. The van der Waals surface area contributed by atoms with Crippen molar-refractivity contribution in [3.63, 3.8) is 0 Å². The summed E-state index contributed by atoms with van der Waals surface area (Å²) >= 11 is 3.42. The minimum absolute atomic E-state index is 0.154. The van der Waals surface area contributed by atoms with Crippen molar-refractivity contribution in [2.75, 3.05) is 5.32 Å². The summed E-state index contributed by atoms with van der Waals surface area (Å²) in [4.78, 5) is 25.1. The largest absolute Gasteiger partial charge is 0.481 e. The van der Waals surface area contributed by atoms with Gasteiger partial charge in [-0.1, -0.05) is 60.5 Å². The summed E-state index contributed by atoms with van der Waals surface area (Å²) in [6, 6.07) is 15.5. The minimum Gasteiger partial charge on any atom is -0.481 e. The van der Waals surface area contributed by atoms with Gasteiger partial charge >= 0.3 is 5.97 Å². The van der Waals surface area contributed by atoms with Gasteiger partial charge in [-0.05, 0) is 60.1 Å². The van der Waals surface area contributed by atoms with Crippen molar-refractivity contribution >= 4 is 33.5 Å². The van der Waals surface area contributed by atoms with Crippen LogP contribution in [0.3, 0.4) is 0 Å². The molecule has 1 aliphatic carbocycles. The number of aliphatic carboxylic acids is 1. The molecule has 0 aromatic heterocycles. The molecule has 0 unspecified atom stereocenters. The molecule has 148 valence electrons. The van der Waals surface area contributed by atoms with E-state index in [-0.39, 0.29) is 11.8 Å². The average Bonchev–Trinajstić information content (AvgIpc) is 2.68. The van der Waals surface area contributed by atoms with Crippen LogP contribution in [0, 0.1) is 11.8 Å². The lowest BCUT2D eigenvalue weighted by Gasteiger charge is -2.35. The van der Waals surface area contributed by atoms with E-state index in [1.165, 1.54) is 5.56 Å². The summed E-state index contributed by atoms with van der Waals surface area (Å²) in [5, 5.41) is 12.9. The van der Waals surface area contributed by atoms with Gasteiger partial charge in [0.05, 0.1) is 11.8 Å². The summed E-state index contributed by atoms with van der Waals surface area (Å²) in [6.45, 7) is 4.24. The zero-order valence-electron chi connectivity index (χ0n) is 16.2. The normalized spacial score (nSPS) is 22.1. The molecule has 0 heterocycles. The Labute approximate surface area is 174 Å².